The van der Waals surface area contributed by atoms with E-state index >= 15 is 0 Å². The molecule has 0 aliphatic carbocycles. The first-order valence-corrected chi connectivity index (χ1v) is 10.2. The molecule has 0 spiro atoms. The summed E-state index contributed by atoms with van der Waals surface area (Å²) >= 11 is 1.81. The molecule has 2 aromatic heterocycles. The van der Waals surface area contributed by atoms with E-state index in [1.807, 2.05) is 12.1 Å². The lowest BCUT2D eigenvalue weighted by Crippen LogP contribution is -2.36. The monoisotopic (exact) mass is 524 g/mol. The number of guanidine groups is 1. The molecule has 0 saturated carbocycles. The maximum Gasteiger partial charge on any atom is 0.191 e. The average Bonchev–Trinajstić information content (AvgIpc) is 3.34. The predicted octanol–water partition coefficient (Wildman–Crippen LogP) is 4.76. The van der Waals surface area contributed by atoms with Gasteiger partial charge in [-0.25, -0.2) is 0 Å². The first-order valence-electron chi connectivity index (χ1n) is 9.41. The number of aryl methyl sites for hydroxylation is 1. The fourth-order valence-electron chi connectivity index (χ4n) is 3.05. The largest absolute Gasteiger partial charge is 0.468 e. The summed E-state index contributed by atoms with van der Waals surface area (Å²) in [4.78, 5) is 9.23. The zero-order chi connectivity index (χ0) is 19.8. The molecule has 3 aromatic rings. The molecule has 0 bridgehead atoms. The molecular weight excluding hydrogens is 495 g/mol. The Morgan fingerprint density at radius 3 is 2.41 bits per heavy atom. The van der Waals surface area contributed by atoms with Crippen LogP contribution in [0, 0.1) is 6.92 Å². The van der Waals surface area contributed by atoms with Crippen molar-refractivity contribution in [1.29, 1.82) is 0 Å². The fraction of sp³-hybridized carbons (Fsp3) is 0.318. The SMILES string of the molecule is CN=C(NCc1ccc(C)s1)NCc1ccccc1CN(C)Cc1ccco1.I. The molecule has 29 heavy (non-hydrogen) atoms. The van der Waals surface area contributed by atoms with Gasteiger partial charge in [0.05, 0.1) is 19.4 Å². The van der Waals surface area contributed by atoms with Crippen LogP contribution in [-0.4, -0.2) is 25.0 Å². The van der Waals surface area contributed by atoms with Crippen molar-refractivity contribution in [3.8, 4) is 0 Å². The third-order valence-electron chi connectivity index (χ3n) is 4.46. The normalized spacial score (nSPS) is 11.4. The number of nitrogens with zero attached hydrogens (tertiary/aromatic N) is 2. The number of benzene rings is 1. The van der Waals surface area contributed by atoms with Crippen LogP contribution >= 0.6 is 35.3 Å². The molecule has 0 atom stereocenters. The Morgan fingerprint density at radius 2 is 1.76 bits per heavy atom. The van der Waals surface area contributed by atoms with E-state index in [0.29, 0.717) is 0 Å². The number of nitrogens with one attached hydrogen (secondary N) is 2. The standard InChI is InChI=1S/C22H28N4OS.HI/c1-17-10-11-21(28-17)14-25-22(23-2)24-13-18-7-4-5-8-19(18)15-26(3)16-20-9-6-12-27-20;/h4-12H,13-16H2,1-3H3,(H2,23,24,25);1H. The number of hydrogen-bond acceptors (Lipinski definition) is 4. The second-order valence-corrected chi connectivity index (χ2v) is 8.18. The molecule has 0 saturated heterocycles. The van der Waals surface area contributed by atoms with Crippen LogP contribution < -0.4 is 10.6 Å². The molecule has 7 heteroatoms. The van der Waals surface area contributed by atoms with Crippen LogP contribution in [0.2, 0.25) is 0 Å². The summed E-state index contributed by atoms with van der Waals surface area (Å²) in [6.07, 6.45) is 1.72. The topological polar surface area (TPSA) is 52.8 Å². The van der Waals surface area contributed by atoms with E-state index < -0.39 is 0 Å². The first kappa shape index (κ1) is 23.4. The smallest absolute Gasteiger partial charge is 0.191 e. The van der Waals surface area contributed by atoms with Crippen molar-refractivity contribution in [2.45, 2.75) is 33.1 Å². The molecule has 3 rings (SSSR count). The number of halogens is 1. The van der Waals surface area contributed by atoms with E-state index in [9.17, 15) is 0 Å². The van der Waals surface area contributed by atoms with Crippen LogP contribution in [0.4, 0.5) is 0 Å². The molecule has 156 valence electrons. The van der Waals surface area contributed by atoms with Crippen molar-refractivity contribution in [3.05, 3.63) is 81.4 Å². The third-order valence-corrected chi connectivity index (χ3v) is 5.46. The van der Waals surface area contributed by atoms with E-state index in [-0.39, 0.29) is 24.0 Å². The van der Waals surface area contributed by atoms with Gasteiger partial charge in [-0.3, -0.25) is 9.89 Å². The lowest BCUT2D eigenvalue weighted by Gasteiger charge is -2.19. The molecular formula is C22H29IN4OS. The van der Waals surface area contributed by atoms with Crippen LogP contribution in [0.3, 0.4) is 0 Å². The highest BCUT2D eigenvalue weighted by molar-refractivity contribution is 14.0. The van der Waals surface area contributed by atoms with Crippen molar-refractivity contribution < 1.29 is 4.42 Å². The van der Waals surface area contributed by atoms with Crippen LogP contribution in [0.5, 0.6) is 0 Å². The minimum absolute atomic E-state index is 0. The zero-order valence-electron chi connectivity index (χ0n) is 17.1. The van der Waals surface area contributed by atoms with Crippen molar-refractivity contribution in [2.75, 3.05) is 14.1 Å². The Hall–Kier alpha value is -1.84. The quantitative estimate of drug-likeness (QED) is 0.254. The second kappa shape index (κ2) is 12.0. The molecule has 0 amide bonds. The van der Waals surface area contributed by atoms with Gasteiger partial charge in [-0.05, 0) is 49.4 Å². The van der Waals surface area contributed by atoms with Gasteiger partial charge >= 0.3 is 0 Å². The number of rotatable bonds is 8. The van der Waals surface area contributed by atoms with Crippen LogP contribution in [0.1, 0.15) is 26.6 Å². The molecule has 1 aromatic carbocycles. The molecule has 0 radical (unpaired) electrons. The van der Waals surface area contributed by atoms with Gasteiger partial charge in [0.1, 0.15) is 5.76 Å². The van der Waals surface area contributed by atoms with Gasteiger partial charge in [-0.1, -0.05) is 24.3 Å². The minimum atomic E-state index is 0. The van der Waals surface area contributed by atoms with Crippen molar-refractivity contribution in [2.24, 2.45) is 4.99 Å². The Kier molecular flexibility index (Phi) is 9.69. The molecule has 0 fully saturated rings. The maximum absolute atomic E-state index is 5.45. The summed E-state index contributed by atoms with van der Waals surface area (Å²) in [7, 11) is 3.91. The summed E-state index contributed by atoms with van der Waals surface area (Å²) in [5.74, 6) is 1.79. The van der Waals surface area contributed by atoms with Crippen LogP contribution in [0.15, 0.2) is 64.2 Å². The maximum atomic E-state index is 5.45. The Bertz CT molecular complexity index is 892. The highest BCUT2D eigenvalue weighted by Crippen LogP contribution is 2.15. The van der Waals surface area contributed by atoms with Crippen molar-refractivity contribution in [3.63, 3.8) is 0 Å². The Morgan fingerprint density at radius 1 is 1.00 bits per heavy atom. The number of furan rings is 1. The Labute approximate surface area is 194 Å². The highest BCUT2D eigenvalue weighted by atomic mass is 127. The zero-order valence-corrected chi connectivity index (χ0v) is 20.3. The molecule has 5 nitrogen and oxygen atoms in total. The van der Waals surface area contributed by atoms with Crippen molar-refractivity contribution >= 4 is 41.3 Å². The minimum Gasteiger partial charge on any atom is -0.468 e. The van der Waals surface area contributed by atoms with E-state index in [1.54, 1.807) is 24.6 Å². The Balaban J connectivity index is 0.00000300. The molecule has 0 aliphatic rings. The van der Waals surface area contributed by atoms with Gasteiger partial charge in [-0.15, -0.1) is 35.3 Å². The van der Waals surface area contributed by atoms with Gasteiger partial charge in [0.25, 0.3) is 0 Å². The van der Waals surface area contributed by atoms with Gasteiger partial charge in [0.2, 0.25) is 0 Å². The highest BCUT2D eigenvalue weighted by Gasteiger charge is 2.08. The predicted molar refractivity (Wildman–Crippen MR) is 132 cm³/mol. The van der Waals surface area contributed by atoms with Gasteiger partial charge in [0, 0.05) is 29.9 Å². The van der Waals surface area contributed by atoms with Gasteiger partial charge < -0.3 is 15.1 Å². The van der Waals surface area contributed by atoms with Gasteiger partial charge in [0.15, 0.2) is 5.96 Å². The number of aliphatic imine (C=N–C) groups is 1. The summed E-state index contributed by atoms with van der Waals surface area (Å²) in [5.41, 5.74) is 2.57. The fourth-order valence-corrected chi connectivity index (χ4v) is 3.88. The van der Waals surface area contributed by atoms with E-state index in [2.05, 4.69) is 70.9 Å². The average molecular weight is 524 g/mol. The summed E-state index contributed by atoms with van der Waals surface area (Å²) in [6, 6.07) is 16.8. The first-order chi connectivity index (χ1) is 13.6. The number of thiophene rings is 1. The lowest BCUT2D eigenvalue weighted by molar-refractivity contribution is 0.287. The molecule has 2 N–H and O–H groups in total. The second-order valence-electron chi connectivity index (χ2n) is 6.81. The van der Waals surface area contributed by atoms with Crippen LogP contribution in [0.25, 0.3) is 0 Å². The summed E-state index contributed by atoms with van der Waals surface area (Å²) < 4.78 is 5.45. The van der Waals surface area contributed by atoms with E-state index in [0.717, 1.165) is 37.9 Å². The van der Waals surface area contributed by atoms with E-state index in [1.165, 1.54) is 20.9 Å². The van der Waals surface area contributed by atoms with Crippen molar-refractivity contribution in [1.82, 2.24) is 15.5 Å². The van der Waals surface area contributed by atoms with E-state index in [4.69, 9.17) is 4.42 Å². The molecule has 2 heterocycles. The lowest BCUT2D eigenvalue weighted by atomic mass is 10.1. The summed E-state index contributed by atoms with van der Waals surface area (Å²) in [6.45, 7) is 5.29. The molecule has 0 aliphatic heterocycles. The summed E-state index contributed by atoms with van der Waals surface area (Å²) in [5, 5.41) is 6.81. The van der Waals surface area contributed by atoms with Gasteiger partial charge in [-0.2, -0.15) is 0 Å². The molecule has 0 unspecified atom stereocenters. The number of hydrogen-bond donors (Lipinski definition) is 2. The van der Waals surface area contributed by atoms with Crippen LogP contribution in [-0.2, 0) is 26.2 Å². The third kappa shape index (κ3) is 7.49.